The Labute approximate surface area is 167 Å². The number of nitrogens with one attached hydrogen (secondary N) is 1. The zero-order chi connectivity index (χ0) is 20.5. The van der Waals surface area contributed by atoms with Gasteiger partial charge in [-0.3, -0.25) is 9.59 Å². The molecule has 0 saturated heterocycles. The maximum atomic E-state index is 12.1. The lowest BCUT2D eigenvalue weighted by Crippen LogP contribution is -2.36. The molecule has 28 heavy (non-hydrogen) atoms. The highest BCUT2D eigenvalue weighted by Gasteiger charge is 2.18. The number of halogens is 1. The predicted molar refractivity (Wildman–Crippen MR) is 103 cm³/mol. The molecule has 0 heterocycles. The summed E-state index contributed by atoms with van der Waals surface area (Å²) >= 11 is 6.03. The fourth-order valence-corrected chi connectivity index (χ4v) is 2.47. The molecule has 2 rings (SSSR count). The predicted octanol–water partition coefficient (Wildman–Crippen LogP) is 2.79. The van der Waals surface area contributed by atoms with Crippen molar-refractivity contribution in [2.24, 2.45) is 0 Å². The number of methoxy groups -OCH3 is 1. The lowest BCUT2D eigenvalue weighted by atomic mass is 10.2. The maximum absolute atomic E-state index is 12.1. The van der Waals surface area contributed by atoms with Crippen LogP contribution in [0.15, 0.2) is 42.5 Å². The molecule has 0 aliphatic heterocycles. The Kier molecular flexibility index (Phi) is 7.83. The van der Waals surface area contributed by atoms with Crippen LogP contribution in [0, 0.1) is 0 Å². The fraction of sp³-hybridized carbons (Fsp3) is 0.250. The summed E-state index contributed by atoms with van der Waals surface area (Å²) in [5.74, 6) is -0.591. The summed E-state index contributed by atoms with van der Waals surface area (Å²) in [6.45, 7) is 1.26. The minimum absolute atomic E-state index is 0.219. The van der Waals surface area contributed by atoms with E-state index >= 15 is 0 Å². The van der Waals surface area contributed by atoms with Crippen molar-refractivity contribution in [3.8, 4) is 11.5 Å². The standard InChI is InChI=1S/C20H20ClNO6/c1-13(20(25)22-10-15-5-3-4-6-16(15)21)28-19(24)12-27-17-8-7-14(11-23)9-18(17)26-2/h3-9,11,13H,10,12H2,1-2H3,(H,22,25)/t13-/m0/s1. The van der Waals surface area contributed by atoms with E-state index in [9.17, 15) is 14.4 Å². The van der Waals surface area contributed by atoms with E-state index in [4.69, 9.17) is 25.8 Å². The molecule has 0 radical (unpaired) electrons. The summed E-state index contributed by atoms with van der Waals surface area (Å²) in [6, 6.07) is 11.6. The average Bonchev–Trinajstić information content (AvgIpc) is 2.71. The number of aldehydes is 1. The highest BCUT2D eigenvalue weighted by Crippen LogP contribution is 2.27. The van der Waals surface area contributed by atoms with Crippen LogP contribution in [0.25, 0.3) is 0 Å². The highest BCUT2D eigenvalue weighted by molar-refractivity contribution is 6.31. The van der Waals surface area contributed by atoms with Gasteiger partial charge in [0.15, 0.2) is 24.2 Å². The first-order chi connectivity index (χ1) is 13.4. The molecular formula is C20H20ClNO6. The van der Waals surface area contributed by atoms with Gasteiger partial charge in [-0.25, -0.2) is 4.79 Å². The molecule has 148 valence electrons. The molecule has 8 heteroatoms. The van der Waals surface area contributed by atoms with Gasteiger partial charge in [-0.2, -0.15) is 0 Å². The summed E-state index contributed by atoms with van der Waals surface area (Å²) in [4.78, 5) is 34.8. The van der Waals surface area contributed by atoms with Gasteiger partial charge in [0.05, 0.1) is 7.11 Å². The molecule has 0 aromatic heterocycles. The first-order valence-corrected chi connectivity index (χ1v) is 8.79. The van der Waals surface area contributed by atoms with Crippen LogP contribution in [0.3, 0.4) is 0 Å². The van der Waals surface area contributed by atoms with Gasteiger partial charge in [-0.1, -0.05) is 29.8 Å². The fourth-order valence-electron chi connectivity index (χ4n) is 2.27. The van der Waals surface area contributed by atoms with Gasteiger partial charge in [-0.15, -0.1) is 0 Å². The van der Waals surface area contributed by atoms with Crippen LogP contribution in [0.1, 0.15) is 22.8 Å². The van der Waals surface area contributed by atoms with E-state index in [1.54, 1.807) is 18.2 Å². The van der Waals surface area contributed by atoms with Gasteiger partial charge in [0.1, 0.15) is 6.29 Å². The zero-order valence-electron chi connectivity index (χ0n) is 15.4. The number of hydrogen-bond acceptors (Lipinski definition) is 6. The minimum Gasteiger partial charge on any atom is -0.493 e. The van der Waals surface area contributed by atoms with Crippen LogP contribution in [0.4, 0.5) is 0 Å². The van der Waals surface area contributed by atoms with Crippen molar-refractivity contribution in [1.82, 2.24) is 5.32 Å². The normalized spacial score (nSPS) is 11.2. The number of rotatable bonds is 9. The van der Waals surface area contributed by atoms with Crippen molar-refractivity contribution in [2.75, 3.05) is 13.7 Å². The molecule has 2 aromatic rings. The van der Waals surface area contributed by atoms with Crippen LogP contribution in [-0.2, 0) is 20.9 Å². The summed E-state index contributed by atoms with van der Waals surface area (Å²) in [7, 11) is 1.42. The second kappa shape index (κ2) is 10.3. The van der Waals surface area contributed by atoms with E-state index in [1.165, 1.54) is 32.2 Å². The monoisotopic (exact) mass is 405 g/mol. The topological polar surface area (TPSA) is 90.9 Å². The molecule has 0 bridgehead atoms. The summed E-state index contributed by atoms with van der Waals surface area (Å²) in [5.41, 5.74) is 1.17. The number of benzene rings is 2. The van der Waals surface area contributed by atoms with Crippen LogP contribution in [0.5, 0.6) is 11.5 Å². The van der Waals surface area contributed by atoms with Crippen molar-refractivity contribution < 1.29 is 28.6 Å². The number of carbonyl (C=O) groups excluding carboxylic acids is 3. The molecule has 0 unspecified atom stereocenters. The Morgan fingerprint density at radius 3 is 2.61 bits per heavy atom. The van der Waals surface area contributed by atoms with Gasteiger partial charge in [0.25, 0.3) is 5.91 Å². The van der Waals surface area contributed by atoms with Gasteiger partial charge >= 0.3 is 5.97 Å². The zero-order valence-corrected chi connectivity index (χ0v) is 16.2. The minimum atomic E-state index is -1.00. The second-order valence-corrected chi connectivity index (χ2v) is 6.17. The van der Waals surface area contributed by atoms with Crippen LogP contribution in [0.2, 0.25) is 5.02 Å². The van der Waals surface area contributed by atoms with Crippen molar-refractivity contribution >= 4 is 29.8 Å². The number of carbonyl (C=O) groups is 3. The van der Waals surface area contributed by atoms with Gasteiger partial charge in [-0.05, 0) is 36.8 Å². The quantitative estimate of drug-likeness (QED) is 0.509. The molecule has 0 fully saturated rings. The molecule has 0 aliphatic rings. The largest absolute Gasteiger partial charge is 0.493 e. The third-order valence-electron chi connectivity index (χ3n) is 3.76. The van der Waals surface area contributed by atoms with E-state index < -0.39 is 24.6 Å². The third-order valence-corrected chi connectivity index (χ3v) is 4.13. The maximum Gasteiger partial charge on any atom is 0.344 e. The first kappa shape index (κ1) is 21.2. The number of hydrogen-bond donors (Lipinski definition) is 1. The van der Waals surface area contributed by atoms with Crippen LogP contribution >= 0.6 is 11.6 Å². The number of amides is 1. The Morgan fingerprint density at radius 1 is 1.18 bits per heavy atom. The van der Waals surface area contributed by atoms with Crippen LogP contribution in [-0.4, -0.2) is 38.0 Å². The molecule has 7 nitrogen and oxygen atoms in total. The second-order valence-electron chi connectivity index (χ2n) is 5.76. The van der Waals surface area contributed by atoms with Gasteiger partial charge in [0.2, 0.25) is 0 Å². The van der Waals surface area contributed by atoms with Crippen LogP contribution < -0.4 is 14.8 Å². The molecule has 2 aromatic carbocycles. The van der Waals surface area contributed by atoms with Gasteiger partial charge < -0.3 is 19.5 Å². The van der Waals surface area contributed by atoms with E-state index in [0.29, 0.717) is 22.6 Å². The first-order valence-electron chi connectivity index (χ1n) is 8.41. The number of esters is 1. The van der Waals surface area contributed by atoms with E-state index in [0.717, 1.165) is 5.56 Å². The molecular weight excluding hydrogens is 386 g/mol. The molecule has 1 amide bonds. The van der Waals surface area contributed by atoms with E-state index in [1.807, 2.05) is 6.07 Å². The van der Waals surface area contributed by atoms with Gasteiger partial charge in [0, 0.05) is 17.1 Å². The van der Waals surface area contributed by atoms with E-state index in [-0.39, 0.29) is 12.3 Å². The number of ether oxygens (including phenoxy) is 3. The summed E-state index contributed by atoms with van der Waals surface area (Å²) < 4.78 is 15.5. The van der Waals surface area contributed by atoms with E-state index in [2.05, 4.69) is 5.32 Å². The Hall–Kier alpha value is -3.06. The highest BCUT2D eigenvalue weighted by atomic mass is 35.5. The summed E-state index contributed by atoms with van der Waals surface area (Å²) in [6.07, 6.45) is -0.332. The third kappa shape index (κ3) is 5.99. The SMILES string of the molecule is COc1cc(C=O)ccc1OCC(=O)O[C@@H](C)C(=O)NCc1ccccc1Cl. The lowest BCUT2D eigenvalue weighted by Gasteiger charge is -2.15. The molecule has 1 N–H and O–H groups in total. The smallest absolute Gasteiger partial charge is 0.344 e. The molecule has 0 aliphatic carbocycles. The van der Waals surface area contributed by atoms with Crippen molar-refractivity contribution in [3.63, 3.8) is 0 Å². The van der Waals surface area contributed by atoms with Crippen molar-refractivity contribution in [2.45, 2.75) is 19.6 Å². The molecule has 1 atom stereocenters. The Morgan fingerprint density at radius 2 is 1.93 bits per heavy atom. The average molecular weight is 406 g/mol. The molecule has 0 spiro atoms. The Bertz CT molecular complexity index is 854. The molecule has 0 saturated carbocycles. The Balaban J connectivity index is 1.82. The lowest BCUT2D eigenvalue weighted by molar-refractivity contribution is -0.156. The van der Waals surface area contributed by atoms with Crippen molar-refractivity contribution in [1.29, 1.82) is 0 Å². The summed E-state index contributed by atoms with van der Waals surface area (Å²) in [5, 5.41) is 3.19. The van der Waals surface area contributed by atoms with Crippen molar-refractivity contribution in [3.05, 3.63) is 58.6 Å².